The van der Waals surface area contributed by atoms with Crippen molar-refractivity contribution in [1.29, 1.82) is 0 Å². The van der Waals surface area contributed by atoms with E-state index >= 15 is 0 Å². The first-order chi connectivity index (χ1) is 22.5. The smallest absolute Gasteiger partial charge is 0.329 e. The summed E-state index contributed by atoms with van der Waals surface area (Å²) in [5.74, 6) is -3.20. The molecule has 3 rings (SSSR count). The number of hydrogen-bond donors (Lipinski definition) is 4. The molecule has 3 unspecified atom stereocenters. The lowest BCUT2D eigenvalue weighted by atomic mass is 9.76. The van der Waals surface area contributed by atoms with Gasteiger partial charge in [0.1, 0.15) is 5.75 Å². The fraction of sp³-hybridized carbons (Fsp3) is 0.541. The predicted octanol–water partition coefficient (Wildman–Crippen LogP) is 6.61. The molecule has 268 valence electrons. The zero-order valence-corrected chi connectivity index (χ0v) is 31.2. The molecule has 2 aromatic rings. The standard InChI is InChI=1S/C37H51ClN4O7/c1-12-26(49-27-19-18-22(34(7,8)13-2)20-25(27)35(9,10)14-3)28(43)39-23-16-15-17-24(21-23)40-30(45)37(38,29(44)33(4,5)6)42-31(46)36(11,48)41-32(42)47/h15-21,26,48H,12-14H2,1-11H3,(H,39,43)(H,40,45)(H,41,47). The minimum absolute atomic E-state index is 0.0297. The SMILES string of the molecule is CCC(Oc1ccc(C(C)(C)CC)cc1C(C)(C)CC)C(=O)Nc1cccc(NC(=O)C(Cl)(C(=O)C(C)(C)C)N2C(=O)NC(C)(O)C2=O)c1. The van der Waals surface area contributed by atoms with Crippen molar-refractivity contribution in [3.05, 3.63) is 53.6 Å². The van der Waals surface area contributed by atoms with Crippen LogP contribution in [-0.4, -0.2) is 56.4 Å². The summed E-state index contributed by atoms with van der Waals surface area (Å²) < 4.78 is 6.38. The molecule has 0 bridgehead atoms. The molecule has 11 nitrogen and oxygen atoms in total. The maximum absolute atomic E-state index is 13.7. The number of benzene rings is 2. The molecular weight excluding hydrogens is 648 g/mol. The van der Waals surface area contributed by atoms with E-state index in [0.717, 1.165) is 25.3 Å². The van der Waals surface area contributed by atoms with Crippen LogP contribution >= 0.6 is 11.6 Å². The minimum atomic E-state index is -2.84. The van der Waals surface area contributed by atoms with E-state index in [0.29, 0.717) is 17.9 Å². The van der Waals surface area contributed by atoms with Crippen LogP contribution in [0.2, 0.25) is 0 Å². The van der Waals surface area contributed by atoms with Crippen LogP contribution in [0.25, 0.3) is 0 Å². The highest BCUT2D eigenvalue weighted by molar-refractivity contribution is 6.50. The van der Waals surface area contributed by atoms with Gasteiger partial charge in [0, 0.05) is 22.4 Å². The van der Waals surface area contributed by atoms with Gasteiger partial charge in [-0.15, -0.1) is 0 Å². The van der Waals surface area contributed by atoms with Crippen LogP contribution in [0.1, 0.15) is 107 Å². The van der Waals surface area contributed by atoms with E-state index in [1.807, 2.05) is 24.4 Å². The van der Waals surface area contributed by atoms with Gasteiger partial charge in [0.2, 0.25) is 5.72 Å². The Bertz CT molecular complexity index is 1630. The summed E-state index contributed by atoms with van der Waals surface area (Å²) in [4.78, 5) is 63.9. The van der Waals surface area contributed by atoms with E-state index in [9.17, 15) is 29.1 Å². The number of nitrogens with zero attached hydrogens (tertiary/aromatic N) is 1. The Morgan fingerprint density at radius 3 is 1.98 bits per heavy atom. The van der Waals surface area contributed by atoms with Crippen molar-refractivity contribution in [3.8, 4) is 5.75 Å². The van der Waals surface area contributed by atoms with Crippen molar-refractivity contribution >= 4 is 52.5 Å². The molecule has 1 aliphatic heterocycles. The number of alkyl halides is 1. The molecule has 0 spiro atoms. The quantitative estimate of drug-likeness (QED) is 0.0795. The number of anilines is 2. The number of carbonyl (C=O) groups excluding carboxylic acids is 5. The number of hydrogen-bond acceptors (Lipinski definition) is 7. The normalized spacial score (nSPS) is 18.8. The van der Waals surface area contributed by atoms with Crippen molar-refractivity contribution in [3.63, 3.8) is 0 Å². The van der Waals surface area contributed by atoms with Crippen LogP contribution in [0.5, 0.6) is 5.75 Å². The van der Waals surface area contributed by atoms with Gasteiger partial charge in [0.05, 0.1) is 0 Å². The first kappa shape index (κ1) is 39.5. The number of carbonyl (C=O) groups is 5. The van der Waals surface area contributed by atoms with Crippen molar-refractivity contribution in [2.45, 2.75) is 123 Å². The molecule has 1 heterocycles. The summed E-state index contributed by atoms with van der Waals surface area (Å²) in [5, 5.41) is 17.7. The first-order valence-electron chi connectivity index (χ1n) is 16.6. The van der Waals surface area contributed by atoms with Crippen LogP contribution in [0.4, 0.5) is 16.2 Å². The molecule has 1 saturated heterocycles. The van der Waals surface area contributed by atoms with Gasteiger partial charge in [-0.2, -0.15) is 0 Å². The maximum atomic E-state index is 13.7. The van der Waals surface area contributed by atoms with Crippen LogP contribution in [0.15, 0.2) is 42.5 Å². The third-order valence-electron chi connectivity index (χ3n) is 9.34. The van der Waals surface area contributed by atoms with Crippen molar-refractivity contribution in [1.82, 2.24) is 10.2 Å². The number of nitrogens with one attached hydrogen (secondary N) is 3. The number of halogens is 1. The minimum Gasteiger partial charge on any atom is -0.480 e. The summed E-state index contributed by atoms with van der Waals surface area (Å²) >= 11 is 6.64. The van der Waals surface area contributed by atoms with Gasteiger partial charge in [-0.25, -0.2) is 9.69 Å². The highest BCUT2D eigenvalue weighted by Gasteiger charge is 2.63. The Labute approximate surface area is 294 Å². The number of amides is 5. The molecule has 0 radical (unpaired) electrons. The topological polar surface area (TPSA) is 154 Å². The lowest BCUT2D eigenvalue weighted by Crippen LogP contribution is -2.63. The molecule has 0 aliphatic carbocycles. The molecule has 3 atom stereocenters. The summed E-state index contributed by atoms with van der Waals surface area (Å²) in [7, 11) is 0. The van der Waals surface area contributed by atoms with Crippen molar-refractivity contribution < 1.29 is 33.8 Å². The fourth-order valence-electron chi connectivity index (χ4n) is 5.27. The average Bonchev–Trinajstić information content (AvgIpc) is 3.23. The third kappa shape index (κ3) is 8.10. The number of aliphatic hydroxyl groups is 1. The van der Waals surface area contributed by atoms with E-state index in [1.54, 1.807) is 12.1 Å². The molecule has 5 amide bonds. The van der Waals surface area contributed by atoms with Crippen LogP contribution < -0.4 is 20.7 Å². The van der Waals surface area contributed by atoms with Crippen LogP contribution in [0.3, 0.4) is 0 Å². The molecule has 2 aromatic carbocycles. The second-order valence-corrected chi connectivity index (χ2v) is 15.6. The Morgan fingerprint density at radius 1 is 0.918 bits per heavy atom. The molecule has 4 N–H and O–H groups in total. The monoisotopic (exact) mass is 698 g/mol. The van der Waals surface area contributed by atoms with E-state index < -0.39 is 51.8 Å². The number of ether oxygens (including phenoxy) is 1. The number of urea groups is 1. The van der Waals surface area contributed by atoms with E-state index in [1.165, 1.54) is 38.5 Å². The number of imide groups is 1. The zero-order valence-electron chi connectivity index (χ0n) is 30.5. The van der Waals surface area contributed by atoms with Gasteiger partial charge in [0.15, 0.2) is 11.9 Å². The molecule has 12 heteroatoms. The average molecular weight is 699 g/mol. The zero-order chi connectivity index (χ0) is 37.3. The fourth-order valence-corrected chi connectivity index (χ4v) is 5.76. The molecule has 0 aromatic heterocycles. The Morgan fingerprint density at radius 2 is 1.49 bits per heavy atom. The van der Waals surface area contributed by atoms with Gasteiger partial charge in [-0.1, -0.05) is 99.0 Å². The summed E-state index contributed by atoms with van der Waals surface area (Å²) in [6.45, 7) is 20.3. The van der Waals surface area contributed by atoms with E-state index in [2.05, 4.69) is 58.2 Å². The number of Topliss-reactive ketones (excluding diaryl/α,β-unsaturated/α-hetero) is 1. The van der Waals surface area contributed by atoms with Gasteiger partial charge in [-0.05, 0) is 66.8 Å². The first-order valence-corrected chi connectivity index (χ1v) is 17.0. The lowest BCUT2D eigenvalue weighted by Gasteiger charge is -2.35. The summed E-state index contributed by atoms with van der Waals surface area (Å²) in [6, 6.07) is 11.1. The highest BCUT2D eigenvalue weighted by atomic mass is 35.5. The van der Waals surface area contributed by atoms with Crippen LogP contribution in [0, 0.1) is 5.41 Å². The van der Waals surface area contributed by atoms with E-state index in [4.69, 9.17) is 16.3 Å². The Kier molecular flexibility index (Phi) is 11.4. The summed E-state index contributed by atoms with van der Waals surface area (Å²) in [5.41, 5.74) is -1.26. The molecule has 1 aliphatic rings. The predicted molar refractivity (Wildman–Crippen MR) is 191 cm³/mol. The molecule has 49 heavy (non-hydrogen) atoms. The maximum Gasteiger partial charge on any atom is 0.329 e. The highest BCUT2D eigenvalue weighted by Crippen LogP contribution is 2.40. The van der Waals surface area contributed by atoms with Gasteiger partial charge in [-0.3, -0.25) is 19.2 Å². The lowest BCUT2D eigenvalue weighted by molar-refractivity contribution is -0.153. The molecular formula is C37H51ClN4O7. The number of ketones is 1. The third-order valence-corrected chi connectivity index (χ3v) is 9.85. The van der Waals surface area contributed by atoms with Gasteiger partial charge in [0.25, 0.3) is 22.7 Å². The van der Waals surface area contributed by atoms with Gasteiger partial charge < -0.3 is 25.8 Å². The van der Waals surface area contributed by atoms with Crippen LogP contribution in [-0.2, 0) is 30.0 Å². The number of rotatable bonds is 13. The second kappa shape index (κ2) is 14.1. The summed E-state index contributed by atoms with van der Waals surface area (Å²) in [6.07, 6.45) is 1.35. The van der Waals surface area contributed by atoms with E-state index in [-0.39, 0.29) is 21.4 Å². The largest absolute Gasteiger partial charge is 0.480 e. The second-order valence-electron chi connectivity index (χ2n) is 15.1. The van der Waals surface area contributed by atoms with Crippen molar-refractivity contribution in [2.75, 3.05) is 10.6 Å². The van der Waals surface area contributed by atoms with Gasteiger partial charge >= 0.3 is 6.03 Å². The Hall–Kier alpha value is -3.96. The molecule has 0 saturated carbocycles. The Balaban J connectivity index is 1.89. The van der Waals surface area contributed by atoms with Crippen molar-refractivity contribution in [2.24, 2.45) is 5.41 Å². The molecule has 1 fully saturated rings.